The van der Waals surface area contributed by atoms with Gasteiger partial charge in [0.1, 0.15) is 18.0 Å². The van der Waals surface area contributed by atoms with Gasteiger partial charge in [0.15, 0.2) is 11.5 Å². The second-order valence-corrected chi connectivity index (χ2v) is 21.4. The fourth-order valence-corrected chi connectivity index (χ4v) is 10.4. The minimum atomic E-state index is -5.11. The van der Waals surface area contributed by atoms with Crippen molar-refractivity contribution >= 4 is 44.6 Å². The number of carbonyl (C=O) groups is 4. The number of esters is 1. The van der Waals surface area contributed by atoms with Crippen LogP contribution in [0.15, 0.2) is 18.2 Å². The molecule has 3 aliphatic carbocycles. The van der Waals surface area contributed by atoms with Gasteiger partial charge in [0.2, 0.25) is 34.1 Å². The molecule has 13 nitrogen and oxygen atoms in total. The third-order valence-electron chi connectivity index (χ3n) is 13.5. The fourth-order valence-electron chi connectivity index (χ4n) is 9.11. The van der Waals surface area contributed by atoms with Crippen LogP contribution in [0.5, 0.6) is 11.6 Å². The topological polar surface area (TPSA) is 171 Å². The smallest absolute Gasteiger partial charge is 0.471 e. The number of hydrogen-bond donors (Lipinski definition) is 1. The highest BCUT2D eigenvalue weighted by Crippen LogP contribution is 2.59. The Bertz CT molecular complexity index is 2270. The highest BCUT2D eigenvalue weighted by Gasteiger charge is 2.67. The molecule has 3 saturated carbocycles. The number of ether oxygens (including phenoxy) is 3. The number of benzene rings is 1. The molecule has 0 radical (unpaired) electrons. The average molecular weight is 921 g/mol. The minimum absolute atomic E-state index is 0.0108. The zero-order valence-corrected chi connectivity index (χ0v) is 36.2. The summed E-state index contributed by atoms with van der Waals surface area (Å²) in [6, 6.07) is 1.17. The number of ketones is 1. The molecule has 0 unspecified atom stereocenters. The second-order valence-electron chi connectivity index (χ2n) is 19.2. The summed E-state index contributed by atoms with van der Waals surface area (Å²) in [5.41, 5.74) is -4.62. The van der Waals surface area contributed by atoms with Crippen LogP contribution in [-0.4, -0.2) is 89.2 Å². The largest absolute Gasteiger partial charge is 0.573 e. The summed E-state index contributed by atoms with van der Waals surface area (Å²) in [5.74, 6) is -13.0. The van der Waals surface area contributed by atoms with Gasteiger partial charge in [-0.2, -0.15) is 8.78 Å². The van der Waals surface area contributed by atoms with E-state index in [1.807, 2.05) is 4.72 Å². The predicted octanol–water partition coefficient (Wildman–Crippen LogP) is 7.39. The van der Waals surface area contributed by atoms with Crippen LogP contribution in [0.4, 0.5) is 30.7 Å². The van der Waals surface area contributed by atoms with E-state index < -0.39 is 153 Å². The van der Waals surface area contributed by atoms with E-state index in [0.29, 0.717) is 19.3 Å². The predicted molar refractivity (Wildman–Crippen MR) is 209 cm³/mol. The lowest BCUT2D eigenvalue weighted by Crippen LogP contribution is -2.50. The number of fused-ring (bicyclic) bond motifs is 5. The molecule has 5 aliphatic rings. The number of Topliss-reactive ketones (excluding diaryl/α,β-unsaturated/α-hetero) is 1. The summed E-state index contributed by atoms with van der Waals surface area (Å²) in [6.07, 6.45) is -11.1. The molecule has 2 aliphatic heterocycles. The van der Waals surface area contributed by atoms with Crippen LogP contribution < -0.4 is 14.2 Å². The summed E-state index contributed by atoms with van der Waals surface area (Å²) < 4.78 is 144. The quantitative estimate of drug-likeness (QED) is 0.197. The molecule has 1 aromatic heterocycles. The SMILES string of the molecule is CC[C@@H]1[C@@H]2CN(C(=O)[C@H](C(C)(C)C)CC(=O)O[C@@H]3C[C@H]3CCCCC(F)(F)c3nc4ccc(OC(F)(F)F)cc4nc3O2)[C@@H]1C(=O)C[C@]1(C(=O)NS(=O)(=O)C2(C)CC2)C[C@H]1C(F)F. The summed E-state index contributed by atoms with van der Waals surface area (Å²) in [6.45, 7) is 7.51. The molecule has 21 heteroatoms. The number of halogens is 7. The van der Waals surface area contributed by atoms with Crippen LogP contribution in [0.2, 0.25) is 0 Å². The van der Waals surface area contributed by atoms with Crippen molar-refractivity contribution in [3.8, 4) is 11.6 Å². The van der Waals surface area contributed by atoms with Crippen LogP contribution in [0.25, 0.3) is 11.0 Å². The van der Waals surface area contributed by atoms with E-state index in [-0.39, 0.29) is 42.6 Å². The maximum absolute atomic E-state index is 16.4. The molecule has 1 saturated heterocycles. The van der Waals surface area contributed by atoms with E-state index >= 15 is 8.78 Å². The Morgan fingerprint density at radius 3 is 2.32 bits per heavy atom. The Balaban J connectivity index is 1.31. The van der Waals surface area contributed by atoms with Gasteiger partial charge in [-0.3, -0.25) is 23.9 Å². The lowest BCUT2D eigenvalue weighted by molar-refractivity contribution is -0.274. The maximum Gasteiger partial charge on any atom is 0.573 e. The number of rotatable bonds is 9. The van der Waals surface area contributed by atoms with Gasteiger partial charge in [-0.25, -0.2) is 27.2 Å². The van der Waals surface area contributed by atoms with Crippen molar-refractivity contribution in [2.75, 3.05) is 6.54 Å². The molecule has 348 valence electrons. The number of nitrogens with one attached hydrogen (secondary N) is 1. The van der Waals surface area contributed by atoms with Crippen molar-refractivity contribution in [3.63, 3.8) is 0 Å². The molecular formula is C42H51F7N4O9S. The zero-order valence-electron chi connectivity index (χ0n) is 35.4. The molecule has 4 fully saturated rings. The Kier molecular flexibility index (Phi) is 12.1. The van der Waals surface area contributed by atoms with Gasteiger partial charge in [-0.1, -0.05) is 34.1 Å². The number of alkyl halides is 7. The van der Waals surface area contributed by atoms with Gasteiger partial charge in [-0.15, -0.1) is 13.2 Å². The molecule has 2 aromatic rings. The Labute approximate surface area is 359 Å². The first kappa shape index (κ1) is 46.7. The normalized spacial score (nSPS) is 30.9. The molecule has 8 atom stereocenters. The number of carbonyl (C=O) groups excluding carboxylic acids is 4. The Morgan fingerprint density at radius 1 is 1.02 bits per heavy atom. The van der Waals surface area contributed by atoms with Gasteiger partial charge >= 0.3 is 12.3 Å². The molecular weight excluding hydrogens is 870 g/mol. The van der Waals surface area contributed by atoms with Crippen molar-refractivity contribution < 1.29 is 72.5 Å². The molecule has 1 N–H and O–H groups in total. The molecule has 0 spiro atoms. The van der Waals surface area contributed by atoms with Crippen molar-refractivity contribution in [1.82, 2.24) is 19.6 Å². The monoisotopic (exact) mass is 920 g/mol. The first-order valence-electron chi connectivity index (χ1n) is 21.2. The Hall–Kier alpha value is -4.30. The van der Waals surface area contributed by atoms with Crippen LogP contribution in [0.3, 0.4) is 0 Å². The van der Waals surface area contributed by atoms with Gasteiger partial charge in [0, 0.05) is 30.7 Å². The maximum atomic E-state index is 16.4. The van der Waals surface area contributed by atoms with Crippen molar-refractivity contribution in [2.24, 2.45) is 34.5 Å². The number of hydrogen-bond acceptors (Lipinski definition) is 11. The summed E-state index contributed by atoms with van der Waals surface area (Å²) in [7, 11) is -4.33. The fraction of sp³-hybridized carbons (Fsp3) is 0.714. The first-order chi connectivity index (χ1) is 29.2. The van der Waals surface area contributed by atoms with Crippen LogP contribution in [0, 0.1) is 34.5 Å². The molecule has 63 heavy (non-hydrogen) atoms. The molecule has 2 bridgehead atoms. The van der Waals surface area contributed by atoms with E-state index in [9.17, 15) is 49.5 Å². The number of aromatic nitrogens is 2. The van der Waals surface area contributed by atoms with Gasteiger partial charge in [0.25, 0.3) is 5.92 Å². The highest BCUT2D eigenvalue weighted by molar-refractivity contribution is 7.91. The van der Waals surface area contributed by atoms with Crippen LogP contribution >= 0.6 is 0 Å². The Morgan fingerprint density at radius 2 is 1.71 bits per heavy atom. The second kappa shape index (κ2) is 16.3. The molecule has 3 heterocycles. The highest BCUT2D eigenvalue weighted by atomic mass is 32.2. The first-order valence-corrected chi connectivity index (χ1v) is 22.7. The summed E-state index contributed by atoms with van der Waals surface area (Å²) in [4.78, 5) is 66.3. The van der Waals surface area contributed by atoms with Crippen LogP contribution in [-0.2, 0) is 39.9 Å². The average Bonchev–Trinajstić information content (AvgIpc) is 4.12. The van der Waals surface area contributed by atoms with E-state index in [1.165, 1.54) is 6.92 Å². The van der Waals surface area contributed by atoms with Crippen molar-refractivity contribution in [2.45, 2.75) is 147 Å². The zero-order chi connectivity index (χ0) is 46.2. The van der Waals surface area contributed by atoms with E-state index in [0.717, 1.165) is 23.1 Å². The number of nitrogens with zero attached hydrogens (tertiary/aromatic N) is 3. The lowest BCUT2D eigenvalue weighted by atomic mass is 9.77. The molecule has 1 aromatic carbocycles. The van der Waals surface area contributed by atoms with Crippen LogP contribution in [0.1, 0.15) is 111 Å². The van der Waals surface area contributed by atoms with E-state index in [1.54, 1.807) is 27.7 Å². The van der Waals surface area contributed by atoms with Gasteiger partial charge in [-0.05, 0) is 75.3 Å². The van der Waals surface area contributed by atoms with E-state index in [4.69, 9.17) is 9.47 Å². The van der Waals surface area contributed by atoms with E-state index in [2.05, 4.69) is 14.7 Å². The number of sulfonamides is 1. The standard InChI is InChI=1S/C42H51F7N4O9S/c1-6-23-30-20-53(32(23)28(54)19-40(18-25(40)34(43)44)37(57)52-63(58,59)39(5)13-14-39)36(56)24(38(2,3)4)17-31(55)60-29-15-21(29)9-7-8-12-41(45,46)33-35(61-30)51-27-16-22(62-42(47,48)49)10-11-26(27)50-33/h10-11,16,21,23-25,29-30,32,34H,6-9,12-15,17-20H2,1-5H3,(H,52,57)/t21-,23-,24-,25+,29-,30+,32+,40-/m1/s1. The third kappa shape index (κ3) is 9.58. The minimum Gasteiger partial charge on any atom is -0.471 e. The molecule has 2 amide bonds. The van der Waals surface area contributed by atoms with Gasteiger partial charge in [0.05, 0.1) is 46.1 Å². The lowest BCUT2D eigenvalue weighted by Gasteiger charge is -2.35. The summed E-state index contributed by atoms with van der Waals surface area (Å²) in [5, 5.41) is 0. The van der Waals surface area contributed by atoms with Gasteiger partial charge < -0.3 is 19.1 Å². The number of amides is 2. The third-order valence-corrected chi connectivity index (χ3v) is 15.7. The van der Waals surface area contributed by atoms with Crippen molar-refractivity contribution in [3.05, 3.63) is 23.9 Å². The van der Waals surface area contributed by atoms with Crippen molar-refractivity contribution in [1.29, 1.82) is 0 Å². The summed E-state index contributed by atoms with van der Waals surface area (Å²) >= 11 is 0. The molecule has 7 rings (SSSR count).